The maximum atomic E-state index is 13.8. The Kier molecular flexibility index (Phi) is 4.58. The lowest BCUT2D eigenvalue weighted by Crippen LogP contribution is -2.08. The molecule has 0 aliphatic heterocycles. The van der Waals surface area contributed by atoms with Crippen molar-refractivity contribution in [3.63, 3.8) is 0 Å². The first-order valence-electron chi connectivity index (χ1n) is 6.01. The van der Waals surface area contributed by atoms with Crippen LogP contribution >= 0.6 is 15.9 Å². The van der Waals surface area contributed by atoms with Gasteiger partial charge in [0.2, 0.25) is 0 Å². The van der Waals surface area contributed by atoms with Crippen LogP contribution in [0.3, 0.4) is 0 Å². The van der Waals surface area contributed by atoms with E-state index >= 15 is 0 Å². The third-order valence-corrected chi connectivity index (χ3v) is 3.98. The second-order valence-electron chi connectivity index (χ2n) is 4.53. The zero-order valence-electron chi connectivity index (χ0n) is 11.3. The van der Waals surface area contributed by atoms with Crippen LogP contribution in [0.25, 0.3) is 0 Å². The molecule has 0 fully saturated rings. The third-order valence-electron chi connectivity index (χ3n) is 3.12. The fraction of sp³-hybridized carbons (Fsp3) is 0.200. The molecule has 2 aromatic rings. The Balaban J connectivity index is 2.60. The first-order valence-corrected chi connectivity index (χ1v) is 6.81. The van der Waals surface area contributed by atoms with Crippen LogP contribution in [0, 0.1) is 24.4 Å². The average Bonchev–Trinajstić information content (AvgIpc) is 2.39. The van der Waals surface area contributed by atoms with Gasteiger partial charge in [0.15, 0.2) is 0 Å². The SMILES string of the molecule is COc1cc(C)c(Br)cc1C(O)c1c(F)cc(F)cc1F. The number of hydrogen-bond acceptors (Lipinski definition) is 2. The van der Waals surface area contributed by atoms with Gasteiger partial charge in [-0.1, -0.05) is 15.9 Å². The topological polar surface area (TPSA) is 29.5 Å². The van der Waals surface area contributed by atoms with Gasteiger partial charge in [-0.3, -0.25) is 0 Å². The van der Waals surface area contributed by atoms with Gasteiger partial charge in [-0.25, -0.2) is 13.2 Å². The van der Waals surface area contributed by atoms with E-state index in [9.17, 15) is 18.3 Å². The van der Waals surface area contributed by atoms with Crippen LogP contribution in [-0.4, -0.2) is 12.2 Å². The minimum Gasteiger partial charge on any atom is -0.496 e. The Labute approximate surface area is 128 Å². The van der Waals surface area contributed by atoms with Gasteiger partial charge in [0, 0.05) is 22.2 Å². The lowest BCUT2D eigenvalue weighted by atomic mass is 9.98. The zero-order valence-corrected chi connectivity index (χ0v) is 12.8. The fourth-order valence-electron chi connectivity index (χ4n) is 2.03. The van der Waals surface area contributed by atoms with Gasteiger partial charge in [-0.15, -0.1) is 0 Å². The molecule has 0 saturated heterocycles. The van der Waals surface area contributed by atoms with Crippen LogP contribution in [0.1, 0.15) is 22.8 Å². The van der Waals surface area contributed by atoms with Crippen molar-refractivity contribution in [2.75, 3.05) is 7.11 Å². The molecule has 0 bridgehead atoms. The monoisotopic (exact) mass is 360 g/mol. The molecule has 0 spiro atoms. The molecule has 0 aromatic heterocycles. The number of ether oxygens (including phenoxy) is 1. The molecule has 112 valence electrons. The van der Waals surface area contributed by atoms with Crippen LogP contribution in [0.5, 0.6) is 5.75 Å². The molecular weight excluding hydrogens is 349 g/mol. The molecule has 0 saturated carbocycles. The fourth-order valence-corrected chi connectivity index (χ4v) is 2.39. The quantitative estimate of drug-likeness (QED) is 0.885. The summed E-state index contributed by atoms with van der Waals surface area (Å²) in [5, 5.41) is 10.3. The van der Waals surface area contributed by atoms with Crippen molar-refractivity contribution in [1.29, 1.82) is 0 Å². The van der Waals surface area contributed by atoms with E-state index < -0.39 is 29.1 Å². The number of aliphatic hydroxyl groups is 1. The first-order chi connectivity index (χ1) is 9.85. The van der Waals surface area contributed by atoms with Crippen molar-refractivity contribution in [2.45, 2.75) is 13.0 Å². The van der Waals surface area contributed by atoms with Crippen molar-refractivity contribution in [2.24, 2.45) is 0 Å². The molecule has 21 heavy (non-hydrogen) atoms. The standard InChI is InChI=1S/C15H12BrF3O2/c1-7-3-13(21-2)9(6-10(7)16)15(20)14-11(18)4-8(17)5-12(14)19/h3-6,15,20H,1-2H3. The third kappa shape index (κ3) is 3.06. The van der Waals surface area contributed by atoms with Crippen LogP contribution in [0.15, 0.2) is 28.7 Å². The molecule has 0 aliphatic carbocycles. The highest BCUT2D eigenvalue weighted by atomic mass is 79.9. The smallest absolute Gasteiger partial charge is 0.135 e. The summed E-state index contributed by atoms with van der Waals surface area (Å²) in [6, 6.07) is 4.19. The number of halogens is 4. The van der Waals surface area contributed by atoms with E-state index in [0.717, 1.165) is 5.56 Å². The second-order valence-corrected chi connectivity index (χ2v) is 5.38. The maximum Gasteiger partial charge on any atom is 0.135 e. The van der Waals surface area contributed by atoms with E-state index in [0.29, 0.717) is 16.6 Å². The Bertz CT molecular complexity index is 666. The van der Waals surface area contributed by atoms with E-state index in [1.165, 1.54) is 13.2 Å². The molecule has 0 radical (unpaired) electrons. The van der Waals surface area contributed by atoms with Crippen molar-refractivity contribution >= 4 is 15.9 Å². The van der Waals surface area contributed by atoms with E-state index in [-0.39, 0.29) is 11.3 Å². The second kappa shape index (κ2) is 6.07. The summed E-state index contributed by atoms with van der Waals surface area (Å²) in [7, 11) is 1.39. The van der Waals surface area contributed by atoms with Gasteiger partial charge in [-0.05, 0) is 24.6 Å². The number of aliphatic hydroxyl groups excluding tert-OH is 1. The summed E-state index contributed by atoms with van der Waals surface area (Å²) in [4.78, 5) is 0. The van der Waals surface area contributed by atoms with Crippen LogP contribution in [0.4, 0.5) is 13.2 Å². The number of hydrogen-bond donors (Lipinski definition) is 1. The predicted octanol–water partition coefficient (Wildman–Crippen LogP) is 4.27. The van der Waals surface area contributed by atoms with Crippen molar-refractivity contribution in [3.8, 4) is 5.75 Å². The molecule has 6 heteroatoms. The van der Waals surface area contributed by atoms with Crippen molar-refractivity contribution in [1.82, 2.24) is 0 Å². The van der Waals surface area contributed by atoms with E-state index in [2.05, 4.69) is 15.9 Å². The highest BCUT2D eigenvalue weighted by Gasteiger charge is 2.24. The molecule has 0 aliphatic rings. The summed E-state index contributed by atoms with van der Waals surface area (Å²) < 4.78 is 46.3. The zero-order chi connectivity index (χ0) is 15.7. The summed E-state index contributed by atoms with van der Waals surface area (Å²) in [5.74, 6) is -3.07. The molecule has 1 N–H and O–H groups in total. The molecule has 0 heterocycles. The number of aryl methyl sites for hydroxylation is 1. The first kappa shape index (κ1) is 15.9. The van der Waals surface area contributed by atoms with Crippen LogP contribution in [0.2, 0.25) is 0 Å². The van der Waals surface area contributed by atoms with E-state index in [1.807, 2.05) is 6.92 Å². The van der Waals surface area contributed by atoms with Gasteiger partial charge in [-0.2, -0.15) is 0 Å². The average molecular weight is 361 g/mol. The minimum atomic E-state index is -1.61. The van der Waals surface area contributed by atoms with E-state index in [4.69, 9.17) is 4.74 Å². The maximum absolute atomic E-state index is 13.8. The van der Waals surface area contributed by atoms with E-state index in [1.54, 1.807) is 6.07 Å². The number of methoxy groups -OCH3 is 1. The molecule has 1 unspecified atom stereocenters. The predicted molar refractivity (Wildman–Crippen MR) is 75.8 cm³/mol. The largest absolute Gasteiger partial charge is 0.496 e. The summed E-state index contributed by atoms with van der Waals surface area (Å²) in [6.07, 6.45) is -1.61. The Morgan fingerprint density at radius 2 is 1.67 bits per heavy atom. The Morgan fingerprint density at radius 1 is 1.10 bits per heavy atom. The van der Waals surface area contributed by atoms with Crippen molar-refractivity contribution in [3.05, 3.63) is 62.9 Å². The Morgan fingerprint density at radius 3 is 2.19 bits per heavy atom. The Hall–Kier alpha value is -1.53. The molecular formula is C15H12BrF3O2. The van der Waals surface area contributed by atoms with Gasteiger partial charge in [0.1, 0.15) is 29.3 Å². The summed E-state index contributed by atoms with van der Waals surface area (Å²) in [5.41, 5.74) is 0.396. The van der Waals surface area contributed by atoms with Crippen LogP contribution in [-0.2, 0) is 0 Å². The van der Waals surface area contributed by atoms with Crippen molar-refractivity contribution < 1.29 is 23.0 Å². The van der Waals surface area contributed by atoms with Gasteiger partial charge < -0.3 is 9.84 Å². The lowest BCUT2D eigenvalue weighted by molar-refractivity contribution is 0.203. The minimum absolute atomic E-state index is 0.180. The highest BCUT2D eigenvalue weighted by Crippen LogP contribution is 2.36. The summed E-state index contributed by atoms with van der Waals surface area (Å²) >= 11 is 3.28. The van der Waals surface area contributed by atoms with Crippen LogP contribution < -0.4 is 4.74 Å². The number of benzene rings is 2. The molecule has 2 rings (SSSR count). The lowest BCUT2D eigenvalue weighted by Gasteiger charge is -2.18. The molecule has 0 amide bonds. The molecule has 1 atom stereocenters. The van der Waals surface area contributed by atoms with Gasteiger partial charge in [0.05, 0.1) is 12.7 Å². The summed E-state index contributed by atoms with van der Waals surface area (Å²) in [6.45, 7) is 1.81. The molecule has 2 aromatic carbocycles. The molecule has 2 nitrogen and oxygen atoms in total. The van der Waals surface area contributed by atoms with Gasteiger partial charge in [0.25, 0.3) is 0 Å². The highest BCUT2D eigenvalue weighted by molar-refractivity contribution is 9.10. The number of rotatable bonds is 3. The van der Waals surface area contributed by atoms with Gasteiger partial charge >= 0.3 is 0 Å². The normalized spacial score (nSPS) is 12.3.